The van der Waals surface area contributed by atoms with Gasteiger partial charge in [-0.05, 0) is 5.19 Å². The Morgan fingerprint density at radius 3 is 1.62 bits per heavy atom. The van der Waals surface area contributed by atoms with Gasteiger partial charge in [-0.15, -0.1) is 55.4 Å². The molecule has 0 radical (unpaired) electrons. The zero-order chi connectivity index (χ0) is 10.1. The molecule has 0 spiro atoms. The maximum Gasteiger partial charge on any atom is 0.363 e. The molecule has 0 aliphatic carbocycles. The summed E-state index contributed by atoms with van der Waals surface area (Å²) in [5.41, 5.74) is -3.04. The van der Waals surface area contributed by atoms with Crippen molar-refractivity contribution in [3.63, 3.8) is 0 Å². The van der Waals surface area contributed by atoms with Gasteiger partial charge in [-0.1, -0.05) is 30.3 Å². The minimum Gasteiger partial charge on any atom is -0.139 e. The van der Waals surface area contributed by atoms with Crippen LogP contribution in [0.3, 0.4) is 0 Å². The van der Waals surface area contributed by atoms with E-state index in [4.69, 9.17) is 55.4 Å². The summed E-state index contributed by atoms with van der Waals surface area (Å²) in [5.74, 6) is 0. The molecule has 0 heterocycles. The summed E-state index contributed by atoms with van der Waals surface area (Å²) in [4.78, 5) is 0. The van der Waals surface area contributed by atoms with E-state index in [1.807, 2.05) is 18.2 Å². The van der Waals surface area contributed by atoms with Crippen molar-refractivity contribution in [2.45, 2.75) is 0 Å². The van der Waals surface area contributed by atoms with Crippen LogP contribution >= 0.6 is 55.4 Å². The Hall–Kier alpha value is 1.10. The van der Waals surface area contributed by atoms with E-state index in [0.717, 1.165) is 5.19 Å². The molecular formula is C6H5Cl5Si2. The number of rotatable bonds is 2. The lowest BCUT2D eigenvalue weighted by Gasteiger charge is -2.22. The fourth-order valence-corrected chi connectivity index (χ4v) is 6.93. The second kappa shape index (κ2) is 4.31. The van der Waals surface area contributed by atoms with Crippen LogP contribution in [0.15, 0.2) is 30.3 Å². The molecule has 0 aliphatic heterocycles. The lowest BCUT2D eigenvalue weighted by molar-refractivity contribution is 1.77. The Balaban J connectivity index is 3.08. The van der Waals surface area contributed by atoms with Crippen LogP contribution in [0.1, 0.15) is 0 Å². The molecular weight excluding hydrogens is 306 g/mol. The molecule has 0 atom stereocenters. The number of hydrogen-bond acceptors (Lipinski definition) is 0. The Labute approximate surface area is 102 Å². The Kier molecular flexibility index (Phi) is 4.04. The molecule has 0 saturated heterocycles. The summed E-state index contributed by atoms with van der Waals surface area (Å²) in [5, 5.41) is 0.755. The summed E-state index contributed by atoms with van der Waals surface area (Å²) >= 11 is 29.7. The van der Waals surface area contributed by atoms with E-state index in [-0.39, 0.29) is 0 Å². The molecule has 13 heavy (non-hydrogen) atoms. The van der Waals surface area contributed by atoms with Crippen LogP contribution < -0.4 is 5.19 Å². The first-order valence-corrected chi connectivity index (χ1v) is 13.4. The summed E-state index contributed by atoms with van der Waals surface area (Å²) in [6.45, 7) is 0. The van der Waals surface area contributed by atoms with Gasteiger partial charge in [0, 0.05) is 0 Å². The SMILES string of the molecule is Cl[Si](Cl)(Cl)[Si](Cl)(Cl)c1ccccc1. The molecule has 0 saturated carbocycles. The highest BCUT2D eigenvalue weighted by Gasteiger charge is 2.54. The van der Waals surface area contributed by atoms with Gasteiger partial charge < -0.3 is 0 Å². The maximum atomic E-state index is 6.11. The van der Waals surface area contributed by atoms with Crippen molar-refractivity contribution in [1.29, 1.82) is 0 Å². The summed E-state index contributed by atoms with van der Waals surface area (Å²) in [6.07, 6.45) is -2.90. The van der Waals surface area contributed by atoms with Crippen LogP contribution in [0.2, 0.25) is 0 Å². The monoisotopic (exact) mass is 308 g/mol. The zero-order valence-corrected chi connectivity index (χ0v) is 12.1. The first-order valence-electron chi connectivity index (χ1n) is 3.36. The molecule has 1 rings (SSSR count). The minimum absolute atomic E-state index is 0.755. The molecule has 0 N–H and O–H groups in total. The number of halogens is 5. The number of benzene rings is 1. The van der Waals surface area contributed by atoms with Crippen molar-refractivity contribution in [3.8, 4) is 0 Å². The van der Waals surface area contributed by atoms with Gasteiger partial charge in [0.1, 0.15) is 0 Å². The van der Waals surface area contributed by atoms with Crippen LogP contribution in [0, 0.1) is 0 Å². The smallest absolute Gasteiger partial charge is 0.139 e. The third-order valence-electron chi connectivity index (χ3n) is 1.49. The van der Waals surface area contributed by atoms with Gasteiger partial charge in [0.15, 0.2) is 0 Å². The minimum atomic E-state index is -3.04. The van der Waals surface area contributed by atoms with Gasteiger partial charge >= 0.3 is 11.7 Å². The van der Waals surface area contributed by atoms with E-state index in [0.29, 0.717) is 0 Å². The van der Waals surface area contributed by atoms with Gasteiger partial charge in [-0.3, -0.25) is 0 Å². The molecule has 0 amide bonds. The number of hydrogen-bond donors (Lipinski definition) is 0. The first-order chi connectivity index (χ1) is 5.86. The highest BCUT2D eigenvalue weighted by Crippen LogP contribution is 2.36. The maximum absolute atomic E-state index is 6.11. The average Bonchev–Trinajstić information content (AvgIpc) is 2.04. The van der Waals surface area contributed by atoms with Gasteiger partial charge in [0.05, 0.1) is 0 Å². The van der Waals surface area contributed by atoms with Crippen molar-refractivity contribution < 1.29 is 0 Å². The van der Waals surface area contributed by atoms with Gasteiger partial charge in [-0.25, -0.2) is 0 Å². The van der Waals surface area contributed by atoms with Gasteiger partial charge in [-0.2, -0.15) is 0 Å². The topological polar surface area (TPSA) is 0 Å². The molecule has 72 valence electrons. The van der Waals surface area contributed by atoms with Crippen molar-refractivity contribution in [2.75, 3.05) is 0 Å². The fourth-order valence-electron chi connectivity index (χ4n) is 0.811. The van der Waals surface area contributed by atoms with Crippen LogP contribution in [0.5, 0.6) is 0 Å². The van der Waals surface area contributed by atoms with E-state index >= 15 is 0 Å². The third kappa shape index (κ3) is 2.78. The standard InChI is InChI=1S/C6H5Cl5Si2/c7-12(8,13(9,10)11)6-4-2-1-3-5-6/h1-5H. The normalized spacial score (nSPS) is 13.0. The predicted molar refractivity (Wildman–Crippen MR) is 66.8 cm³/mol. The summed E-state index contributed by atoms with van der Waals surface area (Å²) in [7, 11) is 0. The Bertz CT molecular complexity index is 281. The molecule has 0 nitrogen and oxygen atoms in total. The predicted octanol–water partition coefficient (Wildman–Crippen LogP) is 3.55. The second-order valence-electron chi connectivity index (χ2n) is 2.44. The second-order valence-corrected chi connectivity index (χ2v) is 25.2. The van der Waals surface area contributed by atoms with Crippen molar-refractivity contribution >= 4 is 72.3 Å². The third-order valence-corrected chi connectivity index (χ3v) is 25.6. The molecule has 0 unspecified atom stereocenters. The zero-order valence-electron chi connectivity index (χ0n) is 6.28. The van der Waals surface area contributed by atoms with Crippen LogP contribution in [-0.4, -0.2) is 11.7 Å². The molecule has 1 aromatic rings. The molecule has 7 heteroatoms. The van der Waals surface area contributed by atoms with Crippen molar-refractivity contribution in [1.82, 2.24) is 0 Å². The highest BCUT2D eigenvalue weighted by molar-refractivity contribution is 8.04. The lowest BCUT2D eigenvalue weighted by atomic mass is 10.4. The van der Waals surface area contributed by atoms with E-state index in [1.54, 1.807) is 12.1 Å². The van der Waals surface area contributed by atoms with Gasteiger partial charge in [0.25, 0.3) is 0 Å². The molecule has 0 aliphatic rings. The first kappa shape index (κ1) is 12.2. The van der Waals surface area contributed by atoms with Crippen LogP contribution in [0.25, 0.3) is 0 Å². The fraction of sp³-hybridized carbons (Fsp3) is 0. The largest absolute Gasteiger partial charge is 0.363 e. The Morgan fingerprint density at radius 1 is 0.769 bits per heavy atom. The van der Waals surface area contributed by atoms with Crippen molar-refractivity contribution in [2.24, 2.45) is 0 Å². The lowest BCUT2D eigenvalue weighted by Crippen LogP contribution is -2.53. The molecule has 0 aromatic heterocycles. The highest BCUT2D eigenvalue weighted by atomic mass is 35.9. The Morgan fingerprint density at radius 2 is 1.23 bits per heavy atom. The molecule has 0 fully saturated rings. The summed E-state index contributed by atoms with van der Waals surface area (Å²) < 4.78 is 0. The quantitative estimate of drug-likeness (QED) is 0.579. The average molecular weight is 311 g/mol. The molecule has 1 aromatic carbocycles. The van der Waals surface area contributed by atoms with Crippen LogP contribution in [-0.2, 0) is 0 Å². The van der Waals surface area contributed by atoms with E-state index in [2.05, 4.69) is 0 Å². The van der Waals surface area contributed by atoms with Crippen LogP contribution in [0.4, 0.5) is 0 Å². The summed E-state index contributed by atoms with van der Waals surface area (Å²) in [6, 6.07) is 9.10. The van der Waals surface area contributed by atoms with E-state index in [1.165, 1.54) is 0 Å². The molecule has 0 bridgehead atoms. The van der Waals surface area contributed by atoms with Crippen molar-refractivity contribution in [3.05, 3.63) is 30.3 Å². The van der Waals surface area contributed by atoms with E-state index < -0.39 is 11.7 Å². The van der Waals surface area contributed by atoms with Gasteiger partial charge in [0.2, 0.25) is 0 Å². The van der Waals surface area contributed by atoms with E-state index in [9.17, 15) is 0 Å².